The van der Waals surface area contributed by atoms with Crippen LogP contribution in [0.15, 0.2) is 146 Å². The van der Waals surface area contributed by atoms with Gasteiger partial charge in [0.1, 0.15) is 0 Å². The molecule has 0 saturated carbocycles. The van der Waals surface area contributed by atoms with Crippen LogP contribution in [0.3, 0.4) is 0 Å². The zero-order valence-electron chi connectivity index (χ0n) is 19.9. The van der Waals surface area contributed by atoms with Crippen molar-refractivity contribution in [2.45, 2.75) is 0 Å². The Morgan fingerprint density at radius 3 is 1.42 bits per heavy atom. The van der Waals surface area contributed by atoms with Gasteiger partial charge in [-0.05, 0) is 90.0 Å². The summed E-state index contributed by atoms with van der Waals surface area (Å²) in [5.74, 6) is 0. The van der Waals surface area contributed by atoms with E-state index < -0.39 is 0 Å². The molecule has 0 aliphatic heterocycles. The summed E-state index contributed by atoms with van der Waals surface area (Å²) in [5, 5.41) is 7.78. The van der Waals surface area contributed by atoms with Gasteiger partial charge in [0.15, 0.2) is 0 Å². The van der Waals surface area contributed by atoms with Crippen molar-refractivity contribution in [2.75, 3.05) is 0 Å². The molecule has 0 saturated heterocycles. The van der Waals surface area contributed by atoms with Crippen LogP contribution in [0.5, 0.6) is 0 Å². The molecule has 0 bridgehead atoms. The predicted molar refractivity (Wildman–Crippen MR) is 155 cm³/mol. The maximum Gasteiger partial charge on any atom is -0.00268 e. The summed E-state index contributed by atoms with van der Waals surface area (Å²) in [7, 11) is 0. The van der Waals surface area contributed by atoms with E-state index in [2.05, 4.69) is 146 Å². The highest BCUT2D eigenvalue weighted by Gasteiger charge is 2.10. The van der Waals surface area contributed by atoms with E-state index in [0.717, 1.165) is 0 Å². The maximum atomic E-state index is 2.34. The lowest BCUT2D eigenvalue weighted by Gasteiger charge is -2.13. The largest absolute Gasteiger partial charge is 0.0622 e. The molecule has 0 fully saturated rings. The first kappa shape index (κ1) is 20.7. The van der Waals surface area contributed by atoms with Crippen LogP contribution in [-0.4, -0.2) is 0 Å². The summed E-state index contributed by atoms with van der Waals surface area (Å²) < 4.78 is 0. The fraction of sp³-hybridized carbons (Fsp3) is 0. The van der Waals surface area contributed by atoms with E-state index in [1.807, 2.05) is 0 Å². The highest BCUT2D eigenvalue weighted by Crippen LogP contribution is 2.37. The summed E-state index contributed by atoms with van der Waals surface area (Å²) in [4.78, 5) is 0. The molecule has 0 heteroatoms. The van der Waals surface area contributed by atoms with Crippen LogP contribution in [0, 0.1) is 0 Å². The van der Waals surface area contributed by atoms with Gasteiger partial charge in [-0.25, -0.2) is 0 Å². The van der Waals surface area contributed by atoms with Gasteiger partial charge in [-0.2, -0.15) is 0 Å². The van der Waals surface area contributed by atoms with Crippen molar-refractivity contribution in [3.8, 4) is 33.4 Å². The third-order valence-corrected chi connectivity index (χ3v) is 7.21. The Bertz CT molecular complexity index is 1800. The van der Waals surface area contributed by atoms with Gasteiger partial charge < -0.3 is 0 Å². The van der Waals surface area contributed by atoms with Crippen LogP contribution in [0.2, 0.25) is 0 Å². The lowest BCUT2D eigenvalue weighted by atomic mass is 9.91. The van der Waals surface area contributed by atoms with Gasteiger partial charge >= 0.3 is 0 Å². The van der Waals surface area contributed by atoms with Gasteiger partial charge in [-0.3, -0.25) is 0 Å². The Morgan fingerprint density at radius 1 is 0.250 bits per heavy atom. The zero-order valence-corrected chi connectivity index (χ0v) is 19.9. The first-order valence-corrected chi connectivity index (χ1v) is 12.4. The Kier molecular flexibility index (Phi) is 4.89. The zero-order chi connectivity index (χ0) is 23.9. The minimum atomic E-state index is 1.23. The summed E-state index contributed by atoms with van der Waals surface area (Å²) >= 11 is 0. The number of rotatable bonds is 3. The Balaban J connectivity index is 1.45. The van der Waals surface area contributed by atoms with E-state index in [0.29, 0.717) is 0 Å². The molecule has 0 aliphatic carbocycles. The van der Waals surface area contributed by atoms with Gasteiger partial charge in [-0.15, -0.1) is 0 Å². The molecule has 0 aromatic heterocycles. The first-order chi connectivity index (χ1) is 17.8. The van der Waals surface area contributed by atoms with Crippen LogP contribution in [0.25, 0.3) is 65.7 Å². The van der Waals surface area contributed by atoms with Crippen LogP contribution in [0.1, 0.15) is 0 Å². The lowest BCUT2D eigenvalue weighted by molar-refractivity contribution is 1.57. The molecule has 0 atom stereocenters. The van der Waals surface area contributed by atoms with E-state index >= 15 is 0 Å². The maximum absolute atomic E-state index is 2.34. The van der Waals surface area contributed by atoms with Crippen molar-refractivity contribution in [1.29, 1.82) is 0 Å². The van der Waals surface area contributed by atoms with E-state index in [9.17, 15) is 0 Å². The van der Waals surface area contributed by atoms with Crippen molar-refractivity contribution >= 4 is 32.3 Å². The van der Waals surface area contributed by atoms with Crippen molar-refractivity contribution in [3.63, 3.8) is 0 Å². The smallest absolute Gasteiger partial charge is 0.00268 e. The summed E-state index contributed by atoms with van der Waals surface area (Å²) in [5.41, 5.74) is 7.39. The molecule has 0 nitrogen and oxygen atoms in total. The predicted octanol–water partition coefficient (Wildman–Crippen LogP) is 10.1. The van der Waals surface area contributed by atoms with Gasteiger partial charge in [0.05, 0.1) is 0 Å². The normalized spacial score (nSPS) is 11.3. The van der Waals surface area contributed by atoms with Crippen LogP contribution in [0.4, 0.5) is 0 Å². The highest BCUT2D eigenvalue weighted by molar-refractivity contribution is 6.20. The summed E-state index contributed by atoms with van der Waals surface area (Å²) in [6.07, 6.45) is 0. The van der Waals surface area contributed by atoms with Crippen LogP contribution >= 0.6 is 0 Å². The fourth-order valence-electron chi connectivity index (χ4n) is 5.40. The Morgan fingerprint density at radius 2 is 0.750 bits per heavy atom. The molecular formula is C36H24. The first-order valence-electron chi connectivity index (χ1n) is 12.4. The third-order valence-electron chi connectivity index (χ3n) is 7.21. The molecule has 7 rings (SSSR count). The Hall–Kier alpha value is -4.68. The average molecular weight is 457 g/mol. The molecule has 0 N–H and O–H groups in total. The molecule has 0 aliphatic rings. The molecule has 0 amide bonds. The minimum Gasteiger partial charge on any atom is -0.0622 e. The standard InChI is InChI=1S/C36H24/c1-3-9-25(10-4-1)31-22-32(26-11-5-2-6-12-26)24-33(23-31)29-19-20-35-30(21-29)18-17-28-16-15-27-13-7-8-14-34(27)36(28)35/h1-24H. The molecule has 168 valence electrons. The second-order valence-corrected chi connectivity index (χ2v) is 9.42. The molecule has 7 aromatic carbocycles. The van der Waals surface area contributed by atoms with Crippen LogP contribution < -0.4 is 0 Å². The quantitative estimate of drug-likeness (QED) is 0.232. The fourth-order valence-corrected chi connectivity index (χ4v) is 5.40. The number of hydrogen-bond acceptors (Lipinski definition) is 0. The van der Waals surface area contributed by atoms with Crippen LogP contribution in [-0.2, 0) is 0 Å². The molecule has 0 heterocycles. The molecular weight excluding hydrogens is 432 g/mol. The second-order valence-electron chi connectivity index (χ2n) is 9.42. The molecule has 0 radical (unpaired) electrons. The lowest BCUT2D eigenvalue weighted by Crippen LogP contribution is -1.87. The van der Waals surface area contributed by atoms with Crippen molar-refractivity contribution in [3.05, 3.63) is 146 Å². The van der Waals surface area contributed by atoms with E-state index in [-0.39, 0.29) is 0 Å². The number of benzene rings is 7. The van der Waals surface area contributed by atoms with Gasteiger partial charge in [0, 0.05) is 0 Å². The average Bonchev–Trinajstić information content (AvgIpc) is 2.97. The van der Waals surface area contributed by atoms with Gasteiger partial charge in [0.25, 0.3) is 0 Å². The van der Waals surface area contributed by atoms with Crippen molar-refractivity contribution in [1.82, 2.24) is 0 Å². The highest BCUT2D eigenvalue weighted by atomic mass is 14.1. The van der Waals surface area contributed by atoms with E-state index in [4.69, 9.17) is 0 Å². The minimum absolute atomic E-state index is 1.23. The van der Waals surface area contributed by atoms with Gasteiger partial charge in [0.2, 0.25) is 0 Å². The molecule has 7 aromatic rings. The number of fused-ring (bicyclic) bond motifs is 5. The summed E-state index contributed by atoms with van der Waals surface area (Å²) in [6, 6.07) is 52.8. The SMILES string of the molecule is c1ccc(-c2cc(-c3ccccc3)cc(-c3ccc4c(ccc5ccc6ccccc6c54)c3)c2)cc1. The Labute approximate surface area is 211 Å². The molecule has 0 spiro atoms. The van der Waals surface area contributed by atoms with Crippen molar-refractivity contribution in [2.24, 2.45) is 0 Å². The number of hydrogen-bond donors (Lipinski definition) is 0. The van der Waals surface area contributed by atoms with Gasteiger partial charge in [-0.1, -0.05) is 121 Å². The van der Waals surface area contributed by atoms with E-state index in [1.165, 1.54) is 65.7 Å². The monoisotopic (exact) mass is 456 g/mol. The van der Waals surface area contributed by atoms with Crippen molar-refractivity contribution < 1.29 is 0 Å². The van der Waals surface area contributed by atoms with E-state index in [1.54, 1.807) is 0 Å². The molecule has 0 unspecified atom stereocenters. The molecule has 36 heavy (non-hydrogen) atoms. The summed E-state index contributed by atoms with van der Waals surface area (Å²) in [6.45, 7) is 0. The second kappa shape index (κ2) is 8.52. The third kappa shape index (κ3) is 3.56. The topological polar surface area (TPSA) is 0 Å².